The molecule has 28 heavy (non-hydrogen) atoms. The van der Waals surface area contributed by atoms with Crippen LogP contribution in [0, 0.1) is 13.8 Å². The second-order valence-electron chi connectivity index (χ2n) is 6.86. The van der Waals surface area contributed by atoms with Crippen LogP contribution in [0.3, 0.4) is 0 Å². The lowest BCUT2D eigenvalue weighted by Crippen LogP contribution is -2.40. The molecule has 7 nitrogen and oxygen atoms in total. The first-order valence-corrected chi connectivity index (χ1v) is 9.42. The van der Waals surface area contributed by atoms with Gasteiger partial charge in [0.2, 0.25) is 5.91 Å². The maximum absolute atomic E-state index is 12.5. The van der Waals surface area contributed by atoms with Gasteiger partial charge >= 0.3 is 11.6 Å². The van der Waals surface area contributed by atoms with Crippen molar-refractivity contribution in [3.63, 3.8) is 0 Å². The minimum absolute atomic E-state index is 0.0160. The van der Waals surface area contributed by atoms with Gasteiger partial charge in [0.15, 0.2) is 0 Å². The summed E-state index contributed by atoms with van der Waals surface area (Å²) in [7, 11) is 1.55. The van der Waals surface area contributed by atoms with Crippen LogP contribution < -0.4 is 15.7 Å². The van der Waals surface area contributed by atoms with Crippen LogP contribution in [0.15, 0.2) is 21.3 Å². The fraction of sp³-hybridized carbons (Fsp3) is 0.476. The van der Waals surface area contributed by atoms with Gasteiger partial charge in [0.1, 0.15) is 17.4 Å². The Balaban J connectivity index is 2.19. The van der Waals surface area contributed by atoms with Gasteiger partial charge in [-0.2, -0.15) is 0 Å². The Kier molecular flexibility index (Phi) is 7.20. The number of carboxylic acids is 1. The summed E-state index contributed by atoms with van der Waals surface area (Å²) < 4.78 is 10.8. The molecule has 1 atom stereocenters. The van der Waals surface area contributed by atoms with Gasteiger partial charge in [0.25, 0.3) is 0 Å². The Morgan fingerprint density at radius 2 is 1.96 bits per heavy atom. The molecule has 0 bridgehead atoms. The summed E-state index contributed by atoms with van der Waals surface area (Å²) in [4.78, 5) is 35.9. The average molecular weight is 389 g/mol. The number of aryl methyl sites for hydroxylation is 2. The highest BCUT2D eigenvalue weighted by Gasteiger charge is 2.20. The number of carbonyl (C=O) groups excluding carboxylic acids is 1. The third kappa shape index (κ3) is 4.71. The van der Waals surface area contributed by atoms with Crippen molar-refractivity contribution in [1.82, 2.24) is 5.32 Å². The molecule has 7 heteroatoms. The molecule has 1 amide bonds. The normalized spacial score (nSPS) is 12.0. The van der Waals surface area contributed by atoms with Crippen LogP contribution in [-0.2, 0) is 16.0 Å². The number of ether oxygens (including phenoxy) is 1. The van der Waals surface area contributed by atoms with Gasteiger partial charge in [0, 0.05) is 22.9 Å². The number of fused-ring (bicyclic) bond motifs is 1. The van der Waals surface area contributed by atoms with Gasteiger partial charge in [-0.1, -0.05) is 19.8 Å². The summed E-state index contributed by atoms with van der Waals surface area (Å²) in [6, 6.07) is 2.73. The summed E-state index contributed by atoms with van der Waals surface area (Å²) in [6.07, 6.45) is 2.15. The van der Waals surface area contributed by atoms with Gasteiger partial charge in [-0.05, 0) is 44.4 Å². The Labute approximate surface area is 163 Å². The van der Waals surface area contributed by atoms with E-state index in [0.29, 0.717) is 29.7 Å². The molecule has 1 aromatic heterocycles. The lowest BCUT2D eigenvalue weighted by atomic mass is 10.00. The average Bonchev–Trinajstić information content (AvgIpc) is 2.65. The molecular formula is C21H27NO6. The summed E-state index contributed by atoms with van der Waals surface area (Å²) >= 11 is 0. The highest BCUT2D eigenvalue weighted by Crippen LogP contribution is 2.29. The lowest BCUT2D eigenvalue weighted by Gasteiger charge is -2.14. The Hall–Kier alpha value is -2.83. The molecule has 0 saturated carbocycles. The van der Waals surface area contributed by atoms with Gasteiger partial charge in [-0.25, -0.2) is 9.59 Å². The van der Waals surface area contributed by atoms with Crippen LogP contribution in [0.2, 0.25) is 0 Å². The van der Waals surface area contributed by atoms with E-state index in [0.717, 1.165) is 22.9 Å². The minimum Gasteiger partial charge on any atom is -0.496 e. The monoisotopic (exact) mass is 389 g/mol. The van der Waals surface area contributed by atoms with E-state index in [1.807, 2.05) is 32.9 Å². The van der Waals surface area contributed by atoms with Crippen LogP contribution in [0.5, 0.6) is 5.75 Å². The van der Waals surface area contributed by atoms with Crippen molar-refractivity contribution in [2.75, 3.05) is 7.11 Å². The van der Waals surface area contributed by atoms with E-state index in [9.17, 15) is 19.5 Å². The lowest BCUT2D eigenvalue weighted by molar-refractivity contribution is -0.142. The molecule has 2 aromatic rings. The second kappa shape index (κ2) is 9.39. The summed E-state index contributed by atoms with van der Waals surface area (Å²) in [6.45, 7) is 5.60. The van der Waals surface area contributed by atoms with E-state index in [1.165, 1.54) is 0 Å². The maximum atomic E-state index is 12.5. The van der Waals surface area contributed by atoms with E-state index in [-0.39, 0.29) is 12.8 Å². The zero-order chi connectivity index (χ0) is 20.8. The van der Waals surface area contributed by atoms with E-state index >= 15 is 0 Å². The molecule has 1 heterocycles. The predicted molar refractivity (Wildman–Crippen MR) is 106 cm³/mol. The number of methoxy groups -OCH3 is 1. The number of hydrogen-bond donors (Lipinski definition) is 2. The number of unbranched alkanes of at least 4 members (excludes halogenated alkanes) is 1. The molecule has 152 valence electrons. The number of aliphatic carboxylic acids is 1. The molecular weight excluding hydrogens is 362 g/mol. The van der Waals surface area contributed by atoms with Crippen LogP contribution in [0.1, 0.15) is 49.3 Å². The predicted octanol–water partition coefficient (Wildman–Crippen LogP) is 3.11. The Morgan fingerprint density at radius 1 is 1.25 bits per heavy atom. The quantitative estimate of drug-likeness (QED) is 0.638. The summed E-state index contributed by atoms with van der Waals surface area (Å²) in [5, 5.41) is 12.5. The second-order valence-corrected chi connectivity index (χ2v) is 6.86. The molecule has 0 aliphatic heterocycles. The first-order chi connectivity index (χ1) is 13.3. The number of carbonyl (C=O) groups is 2. The molecule has 0 saturated heterocycles. The molecule has 2 rings (SSSR count). The standard InChI is InChI=1S/C21H27NO6/c1-5-6-7-16(20(24)25)22-18(23)11-9-15-12(2)14-8-10-17(27-4)13(3)19(14)28-21(15)26/h8,10,16H,5-7,9,11H2,1-4H3,(H,22,23)(H,24,25)/t16-/m0/s1. The first kappa shape index (κ1) is 21.5. The number of rotatable bonds is 9. The van der Waals surface area contributed by atoms with Gasteiger partial charge < -0.3 is 19.6 Å². The van der Waals surface area contributed by atoms with Crippen LogP contribution in [0.25, 0.3) is 11.0 Å². The first-order valence-electron chi connectivity index (χ1n) is 9.42. The number of carboxylic acid groups (broad SMARTS) is 1. The van der Waals surface area contributed by atoms with E-state index in [2.05, 4.69) is 5.32 Å². The van der Waals surface area contributed by atoms with Gasteiger partial charge in [-0.3, -0.25) is 4.79 Å². The van der Waals surface area contributed by atoms with E-state index in [1.54, 1.807) is 7.11 Å². The molecule has 0 aliphatic rings. The van der Waals surface area contributed by atoms with Gasteiger partial charge in [-0.15, -0.1) is 0 Å². The maximum Gasteiger partial charge on any atom is 0.339 e. The SMILES string of the molecule is CCCC[C@H](NC(=O)CCc1c(C)c2ccc(OC)c(C)c2oc1=O)C(=O)O. The Bertz CT molecular complexity index is 931. The van der Waals surface area contributed by atoms with Crippen molar-refractivity contribution in [3.8, 4) is 5.75 Å². The summed E-state index contributed by atoms with van der Waals surface area (Å²) in [5.41, 5.74) is 1.90. The van der Waals surface area contributed by atoms with Crippen molar-refractivity contribution in [2.24, 2.45) is 0 Å². The molecule has 0 radical (unpaired) electrons. The molecule has 1 aromatic carbocycles. The number of nitrogens with one attached hydrogen (secondary N) is 1. The van der Waals surface area contributed by atoms with Crippen LogP contribution >= 0.6 is 0 Å². The third-order valence-electron chi connectivity index (χ3n) is 4.96. The fourth-order valence-corrected chi connectivity index (χ4v) is 3.25. The van der Waals surface area contributed by atoms with Crippen molar-refractivity contribution in [2.45, 2.75) is 58.9 Å². The highest BCUT2D eigenvalue weighted by molar-refractivity contribution is 5.86. The van der Waals surface area contributed by atoms with Crippen LogP contribution in [-0.4, -0.2) is 30.1 Å². The number of hydrogen-bond acceptors (Lipinski definition) is 5. The smallest absolute Gasteiger partial charge is 0.339 e. The Morgan fingerprint density at radius 3 is 2.57 bits per heavy atom. The molecule has 0 fully saturated rings. The van der Waals surface area contributed by atoms with Crippen molar-refractivity contribution in [1.29, 1.82) is 0 Å². The largest absolute Gasteiger partial charge is 0.496 e. The highest BCUT2D eigenvalue weighted by atomic mass is 16.5. The number of amides is 1. The topological polar surface area (TPSA) is 106 Å². The third-order valence-corrected chi connectivity index (χ3v) is 4.96. The van der Waals surface area contributed by atoms with E-state index < -0.39 is 23.5 Å². The molecule has 0 spiro atoms. The molecule has 0 aliphatic carbocycles. The zero-order valence-corrected chi connectivity index (χ0v) is 16.8. The minimum atomic E-state index is -1.05. The number of benzene rings is 1. The fourth-order valence-electron chi connectivity index (χ4n) is 3.25. The zero-order valence-electron chi connectivity index (χ0n) is 16.8. The van der Waals surface area contributed by atoms with E-state index in [4.69, 9.17) is 9.15 Å². The van der Waals surface area contributed by atoms with Crippen molar-refractivity contribution in [3.05, 3.63) is 39.2 Å². The van der Waals surface area contributed by atoms with Gasteiger partial charge in [0.05, 0.1) is 7.11 Å². The van der Waals surface area contributed by atoms with Crippen molar-refractivity contribution >= 4 is 22.8 Å². The van der Waals surface area contributed by atoms with Crippen LogP contribution in [0.4, 0.5) is 0 Å². The summed E-state index contributed by atoms with van der Waals surface area (Å²) in [5.74, 6) is -0.810. The van der Waals surface area contributed by atoms with Crippen molar-refractivity contribution < 1.29 is 23.8 Å². The molecule has 0 unspecified atom stereocenters. The molecule has 2 N–H and O–H groups in total.